The quantitative estimate of drug-likeness (QED) is 0.162. The zero-order chi connectivity index (χ0) is 33.2. The second-order valence-corrected chi connectivity index (χ2v) is 10.8. The SMILES string of the molecule is Nc1ccc(F)c(-c2cn3nc(N4CCOCC4)cnc3n2)c1.O=[N+]([O-])c1ccc(F)c(-c2cn3nc(N4CCOCC4)cnc3n2)c1. The fourth-order valence-electron chi connectivity index (χ4n) is 5.25. The molecule has 4 aromatic heterocycles. The highest BCUT2D eigenvalue weighted by atomic mass is 19.1. The largest absolute Gasteiger partial charge is 0.399 e. The number of aromatic nitrogens is 8. The van der Waals surface area contributed by atoms with Crippen LogP contribution in [0.3, 0.4) is 0 Å². The van der Waals surface area contributed by atoms with Crippen molar-refractivity contribution in [3.63, 3.8) is 0 Å². The molecule has 0 unspecified atom stereocenters. The number of rotatable bonds is 5. The van der Waals surface area contributed by atoms with Gasteiger partial charge >= 0.3 is 0 Å². The van der Waals surface area contributed by atoms with Gasteiger partial charge in [0.1, 0.15) is 11.6 Å². The Morgan fingerprint density at radius 3 is 1.71 bits per heavy atom. The summed E-state index contributed by atoms with van der Waals surface area (Å²) in [5.41, 5.74) is 7.07. The number of hydrogen-bond donors (Lipinski definition) is 1. The molecule has 0 radical (unpaired) electrons. The van der Waals surface area contributed by atoms with E-state index in [1.165, 1.54) is 22.8 Å². The molecule has 6 heterocycles. The van der Waals surface area contributed by atoms with Crippen molar-refractivity contribution in [1.82, 2.24) is 39.2 Å². The summed E-state index contributed by atoms with van der Waals surface area (Å²) >= 11 is 0. The van der Waals surface area contributed by atoms with Gasteiger partial charge in [-0.15, -0.1) is 10.2 Å². The summed E-state index contributed by atoms with van der Waals surface area (Å²) in [5, 5.41) is 19.8. The summed E-state index contributed by atoms with van der Waals surface area (Å²) in [6.07, 6.45) is 6.44. The number of nitrogens with zero attached hydrogens (tertiary/aromatic N) is 11. The van der Waals surface area contributed by atoms with E-state index in [1.54, 1.807) is 29.2 Å². The number of nitrogens with two attached hydrogens (primary N) is 1. The first kappa shape index (κ1) is 30.8. The van der Waals surface area contributed by atoms with Crippen LogP contribution in [0.4, 0.5) is 31.8 Å². The summed E-state index contributed by atoms with van der Waals surface area (Å²) in [4.78, 5) is 31.5. The van der Waals surface area contributed by atoms with Gasteiger partial charge in [0.2, 0.25) is 0 Å². The van der Waals surface area contributed by atoms with Gasteiger partial charge in [-0.25, -0.2) is 37.7 Å². The molecule has 8 rings (SSSR count). The molecule has 246 valence electrons. The smallest absolute Gasteiger partial charge is 0.270 e. The normalized spacial score (nSPS) is 15.0. The molecular weight excluding hydrogens is 630 g/mol. The average molecular weight is 659 g/mol. The zero-order valence-corrected chi connectivity index (χ0v) is 25.3. The Balaban J connectivity index is 0.000000152. The molecule has 2 aliphatic rings. The molecule has 0 spiro atoms. The minimum Gasteiger partial charge on any atom is -0.399 e. The Morgan fingerprint density at radius 2 is 1.21 bits per heavy atom. The maximum atomic E-state index is 14.1. The monoisotopic (exact) mass is 658 g/mol. The number of nitrogen functional groups attached to an aromatic ring is 1. The number of nitro benzene ring substituents is 1. The molecule has 0 bridgehead atoms. The predicted molar refractivity (Wildman–Crippen MR) is 169 cm³/mol. The second-order valence-electron chi connectivity index (χ2n) is 10.8. The summed E-state index contributed by atoms with van der Waals surface area (Å²) in [6.45, 7) is 5.54. The lowest BCUT2D eigenvalue weighted by Crippen LogP contribution is -2.37. The van der Waals surface area contributed by atoms with Crippen LogP contribution < -0.4 is 15.5 Å². The van der Waals surface area contributed by atoms with Crippen LogP contribution >= 0.6 is 0 Å². The van der Waals surface area contributed by atoms with Crippen molar-refractivity contribution < 1.29 is 23.2 Å². The fourth-order valence-corrected chi connectivity index (χ4v) is 5.25. The van der Waals surface area contributed by atoms with Crippen LogP contribution in [-0.2, 0) is 9.47 Å². The third-order valence-corrected chi connectivity index (χ3v) is 7.72. The zero-order valence-electron chi connectivity index (χ0n) is 25.3. The number of imidazole rings is 2. The van der Waals surface area contributed by atoms with Crippen LogP contribution in [0.5, 0.6) is 0 Å². The standard InChI is InChI=1S/C15H13FN6O3.C15H15FN6O/c16-12-2-1-10(22(23)24)7-11(12)13-9-21-15(18-13)17-8-14(19-21)20-3-5-25-6-4-20;16-12-2-1-10(17)7-11(12)13-9-22-15(19-13)18-8-14(20-22)21-3-5-23-6-4-21/h1-2,7-9H,3-6H2;1-2,7-9H,3-6,17H2. The van der Waals surface area contributed by atoms with E-state index in [4.69, 9.17) is 15.2 Å². The van der Waals surface area contributed by atoms with Crippen LogP contribution in [-0.4, -0.2) is 96.7 Å². The number of morpholine rings is 2. The number of anilines is 3. The van der Waals surface area contributed by atoms with Gasteiger partial charge in [0.15, 0.2) is 11.6 Å². The van der Waals surface area contributed by atoms with Crippen molar-refractivity contribution in [3.8, 4) is 22.5 Å². The van der Waals surface area contributed by atoms with E-state index in [1.807, 2.05) is 4.90 Å². The maximum absolute atomic E-state index is 14.1. The van der Waals surface area contributed by atoms with E-state index in [-0.39, 0.29) is 28.5 Å². The number of fused-ring (bicyclic) bond motifs is 2. The third-order valence-electron chi connectivity index (χ3n) is 7.72. The highest BCUT2D eigenvalue weighted by Gasteiger charge is 2.19. The molecule has 18 heteroatoms. The van der Waals surface area contributed by atoms with Crippen LogP contribution in [0.25, 0.3) is 34.1 Å². The summed E-state index contributed by atoms with van der Waals surface area (Å²) in [6, 6.07) is 7.72. The lowest BCUT2D eigenvalue weighted by atomic mass is 10.1. The van der Waals surface area contributed by atoms with Gasteiger partial charge in [-0.2, -0.15) is 0 Å². The van der Waals surface area contributed by atoms with Gasteiger partial charge in [0.25, 0.3) is 17.2 Å². The molecule has 2 aliphatic heterocycles. The highest BCUT2D eigenvalue weighted by molar-refractivity contribution is 5.67. The summed E-state index contributed by atoms with van der Waals surface area (Å²) < 4.78 is 41.7. The molecule has 16 nitrogen and oxygen atoms in total. The third kappa shape index (κ3) is 6.38. The molecule has 0 amide bonds. The van der Waals surface area contributed by atoms with Crippen molar-refractivity contribution >= 4 is 34.6 Å². The van der Waals surface area contributed by atoms with E-state index < -0.39 is 10.7 Å². The molecule has 2 fully saturated rings. The maximum Gasteiger partial charge on any atom is 0.270 e. The summed E-state index contributed by atoms with van der Waals surface area (Å²) in [7, 11) is 0. The van der Waals surface area contributed by atoms with E-state index in [2.05, 4.69) is 35.0 Å². The van der Waals surface area contributed by atoms with Crippen LogP contribution in [0.15, 0.2) is 61.2 Å². The molecular formula is C30H28F2N12O4. The fraction of sp³-hybridized carbons (Fsp3) is 0.267. The summed E-state index contributed by atoms with van der Waals surface area (Å²) in [5.74, 6) is 1.15. The highest BCUT2D eigenvalue weighted by Crippen LogP contribution is 2.27. The van der Waals surface area contributed by atoms with Gasteiger partial charge in [0, 0.05) is 55.1 Å². The molecule has 0 saturated carbocycles. The van der Waals surface area contributed by atoms with Crippen molar-refractivity contribution in [3.05, 3.63) is 82.9 Å². The Hall–Kier alpha value is -5.88. The Morgan fingerprint density at radius 1 is 0.729 bits per heavy atom. The molecule has 2 aromatic carbocycles. The second kappa shape index (κ2) is 13.1. The van der Waals surface area contributed by atoms with Crippen molar-refractivity contribution in [2.24, 2.45) is 0 Å². The van der Waals surface area contributed by atoms with Gasteiger partial charge in [-0.05, 0) is 24.3 Å². The lowest BCUT2D eigenvalue weighted by molar-refractivity contribution is -0.384. The van der Waals surface area contributed by atoms with E-state index in [9.17, 15) is 18.9 Å². The number of benzene rings is 2. The minimum atomic E-state index is -0.595. The van der Waals surface area contributed by atoms with Crippen molar-refractivity contribution in [1.29, 1.82) is 0 Å². The molecule has 0 atom stereocenters. The van der Waals surface area contributed by atoms with Gasteiger partial charge < -0.3 is 25.0 Å². The van der Waals surface area contributed by atoms with Crippen LogP contribution in [0.1, 0.15) is 0 Å². The van der Waals surface area contributed by atoms with Gasteiger partial charge in [-0.3, -0.25) is 10.1 Å². The first-order valence-electron chi connectivity index (χ1n) is 14.9. The molecule has 0 aliphatic carbocycles. The topological polar surface area (TPSA) is 180 Å². The minimum absolute atomic E-state index is 0.0365. The number of hydrogen-bond acceptors (Lipinski definition) is 13. The van der Waals surface area contributed by atoms with Crippen molar-refractivity contribution in [2.45, 2.75) is 0 Å². The molecule has 48 heavy (non-hydrogen) atoms. The number of ether oxygens (including phenoxy) is 2. The van der Waals surface area contributed by atoms with Gasteiger partial charge in [0.05, 0.1) is 67.5 Å². The number of non-ortho nitro benzene ring substituents is 1. The Kier molecular flexibility index (Phi) is 8.38. The van der Waals surface area contributed by atoms with E-state index >= 15 is 0 Å². The number of nitro groups is 1. The first-order chi connectivity index (χ1) is 23.3. The van der Waals surface area contributed by atoms with Gasteiger partial charge in [-0.1, -0.05) is 0 Å². The molecule has 2 saturated heterocycles. The van der Waals surface area contributed by atoms with E-state index in [0.29, 0.717) is 68.1 Å². The van der Waals surface area contributed by atoms with Crippen LogP contribution in [0, 0.1) is 21.7 Å². The average Bonchev–Trinajstić information content (AvgIpc) is 3.74. The first-order valence-corrected chi connectivity index (χ1v) is 14.9. The Labute approximate surface area is 270 Å². The Bertz CT molecular complexity index is 2110. The number of halogens is 2. The molecule has 2 N–H and O–H groups in total. The molecule has 6 aromatic rings. The van der Waals surface area contributed by atoms with E-state index in [0.717, 1.165) is 37.1 Å². The van der Waals surface area contributed by atoms with Crippen molar-refractivity contribution in [2.75, 3.05) is 68.1 Å². The lowest BCUT2D eigenvalue weighted by Gasteiger charge is -2.27. The predicted octanol–water partition coefficient (Wildman–Crippen LogP) is 3.02. The van der Waals surface area contributed by atoms with Crippen LogP contribution in [0.2, 0.25) is 0 Å².